The van der Waals surface area contributed by atoms with Crippen molar-refractivity contribution in [3.05, 3.63) is 29.3 Å². The summed E-state index contributed by atoms with van der Waals surface area (Å²) >= 11 is 0. The number of hydrogen-bond donors (Lipinski definition) is 0. The maximum absolute atomic E-state index is 13.0. The van der Waals surface area contributed by atoms with Gasteiger partial charge in [-0.05, 0) is 50.2 Å². The van der Waals surface area contributed by atoms with E-state index < -0.39 is 10.0 Å². The van der Waals surface area contributed by atoms with Gasteiger partial charge in [-0.25, -0.2) is 8.42 Å². The molecule has 1 aliphatic carbocycles. The number of rotatable bonds is 3. The van der Waals surface area contributed by atoms with E-state index in [1.54, 1.807) is 10.4 Å². The standard InChI is InChI=1S/C19H28N2O3S/c1-15-3-4-18(16(2)11-15)25(22,23)21-13-19(14-21)6-5-17(12-19)20-7-9-24-10-8-20/h3-4,11,17H,5-10,12-14H2,1-2H3. The van der Waals surface area contributed by atoms with Crippen LogP contribution in [0.2, 0.25) is 0 Å². The Labute approximate surface area is 151 Å². The highest BCUT2D eigenvalue weighted by molar-refractivity contribution is 7.89. The van der Waals surface area contributed by atoms with Crippen molar-refractivity contribution in [2.45, 2.75) is 44.0 Å². The van der Waals surface area contributed by atoms with Crippen molar-refractivity contribution in [1.82, 2.24) is 9.21 Å². The van der Waals surface area contributed by atoms with Gasteiger partial charge in [0.25, 0.3) is 0 Å². The molecule has 2 saturated heterocycles. The summed E-state index contributed by atoms with van der Waals surface area (Å²) in [6.45, 7) is 8.95. The zero-order chi connectivity index (χ0) is 17.7. The number of morpholine rings is 1. The summed E-state index contributed by atoms with van der Waals surface area (Å²) in [5, 5.41) is 0. The molecule has 0 amide bonds. The van der Waals surface area contributed by atoms with E-state index in [1.165, 1.54) is 6.42 Å². The molecule has 3 fully saturated rings. The number of hydrogen-bond acceptors (Lipinski definition) is 4. The van der Waals surface area contributed by atoms with Crippen molar-refractivity contribution in [3.63, 3.8) is 0 Å². The molecule has 1 atom stereocenters. The quantitative estimate of drug-likeness (QED) is 0.825. The van der Waals surface area contributed by atoms with E-state index in [-0.39, 0.29) is 5.41 Å². The first-order valence-corrected chi connectivity index (χ1v) is 10.7. The monoisotopic (exact) mass is 364 g/mol. The molecule has 0 radical (unpaired) electrons. The summed E-state index contributed by atoms with van der Waals surface area (Å²) in [7, 11) is -3.36. The minimum atomic E-state index is -3.36. The van der Waals surface area contributed by atoms with Crippen LogP contribution in [0.25, 0.3) is 0 Å². The molecule has 25 heavy (non-hydrogen) atoms. The third kappa shape index (κ3) is 3.14. The molecule has 0 aromatic heterocycles. The smallest absolute Gasteiger partial charge is 0.243 e. The molecule has 4 rings (SSSR count). The normalized spacial score (nSPS) is 27.5. The lowest BCUT2D eigenvalue weighted by Gasteiger charge is -2.48. The van der Waals surface area contributed by atoms with Crippen LogP contribution in [0.5, 0.6) is 0 Å². The molecule has 3 aliphatic rings. The van der Waals surface area contributed by atoms with E-state index >= 15 is 0 Å². The van der Waals surface area contributed by atoms with Crippen LogP contribution in [0.3, 0.4) is 0 Å². The Morgan fingerprint density at radius 3 is 2.56 bits per heavy atom. The third-order valence-electron chi connectivity index (χ3n) is 6.21. The Balaban J connectivity index is 1.43. The molecule has 1 aromatic rings. The number of sulfonamides is 1. The van der Waals surface area contributed by atoms with Crippen LogP contribution < -0.4 is 0 Å². The van der Waals surface area contributed by atoms with E-state index in [0.29, 0.717) is 24.0 Å². The lowest BCUT2D eigenvalue weighted by Crippen LogP contribution is -2.57. The fraction of sp³-hybridized carbons (Fsp3) is 0.684. The highest BCUT2D eigenvalue weighted by Gasteiger charge is 2.52. The van der Waals surface area contributed by atoms with Crippen LogP contribution in [-0.2, 0) is 14.8 Å². The lowest BCUT2D eigenvalue weighted by atomic mass is 9.80. The first-order chi connectivity index (χ1) is 11.9. The molecule has 1 spiro atoms. The average Bonchev–Trinajstić information content (AvgIpc) is 3.00. The van der Waals surface area contributed by atoms with Gasteiger partial charge in [0.1, 0.15) is 0 Å². The summed E-state index contributed by atoms with van der Waals surface area (Å²) in [6, 6.07) is 6.21. The second-order valence-electron chi connectivity index (χ2n) is 8.09. The highest BCUT2D eigenvalue weighted by Crippen LogP contribution is 2.48. The van der Waals surface area contributed by atoms with Crippen molar-refractivity contribution < 1.29 is 13.2 Å². The minimum Gasteiger partial charge on any atom is -0.379 e. The summed E-state index contributed by atoms with van der Waals surface area (Å²) in [5.41, 5.74) is 2.15. The Kier molecular flexibility index (Phi) is 4.43. The van der Waals surface area contributed by atoms with Gasteiger partial charge in [0.2, 0.25) is 10.0 Å². The Hall–Kier alpha value is -0.950. The van der Waals surface area contributed by atoms with Crippen LogP contribution in [0.1, 0.15) is 30.4 Å². The summed E-state index contributed by atoms with van der Waals surface area (Å²) in [5.74, 6) is 0. The first kappa shape index (κ1) is 17.5. The summed E-state index contributed by atoms with van der Waals surface area (Å²) < 4.78 is 33.1. The molecule has 138 valence electrons. The molecule has 6 heteroatoms. The van der Waals surface area contributed by atoms with E-state index in [0.717, 1.165) is 50.3 Å². The summed E-state index contributed by atoms with van der Waals surface area (Å²) in [4.78, 5) is 3.01. The first-order valence-electron chi connectivity index (χ1n) is 9.29. The second-order valence-corrected chi connectivity index (χ2v) is 9.99. The Morgan fingerprint density at radius 2 is 1.88 bits per heavy atom. The van der Waals surface area contributed by atoms with Gasteiger partial charge < -0.3 is 4.74 Å². The highest BCUT2D eigenvalue weighted by atomic mass is 32.2. The van der Waals surface area contributed by atoms with Crippen molar-refractivity contribution in [2.24, 2.45) is 5.41 Å². The fourth-order valence-corrected chi connectivity index (χ4v) is 6.69. The molecule has 0 N–H and O–H groups in total. The van der Waals surface area contributed by atoms with E-state index in [9.17, 15) is 8.42 Å². The SMILES string of the molecule is Cc1ccc(S(=O)(=O)N2CC3(CCC(N4CCOCC4)C3)C2)c(C)c1. The number of aryl methyl sites for hydroxylation is 2. The van der Waals surface area contributed by atoms with Crippen LogP contribution in [-0.4, -0.2) is 63.1 Å². The molecular formula is C19H28N2O3S. The minimum absolute atomic E-state index is 0.203. The Morgan fingerprint density at radius 1 is 1.16 bits per heavy atom. The van der Waals surface area contributed by atoms with Gasteiger partial charge in [-0.15, -0.1) is 0 Å². The van der Waals surface area contributed by atoms with Gasteiger partial charge in [0.05, 0.1) is 18.1 Å². The molecule has 1 unspecified atom stereocenters. The molecule has 2 heterocycles. The Bertz CT molecular complexity index is 750. The zero-order valence-electron chi connectivity index (χ0n) is 15.2. The number of ether oxygens (including phenoxy) is 1. The van der Waals surface area contributed by atoms with Crippen molar-refractivity contribution >= 4 is 10.0 Å². The van der Waals surface area contributed by atoms with E-state index in [4.69, 9.17) is 4.74 Å². The topological polar surface area (TPSA) is 49.9 Å². The lowest BCUT2D eigenvalue weighted by molar-refractivity contribution is 0.00815. The van der Waals surface area contributed by atoms with Gasteiger partial charge in [-0.1, -0.05) is 17.7 Å². The fourth-order valence-electron chi connectivity index (χ4n) is 4.82. The van der Waals surface area contributed by atoms with E-state index in [1.807, 2.05) is 26.0 Å². The molecule has 2 aliphatic heterocycles. The molecular weight excluding hydrogens is 336 g/mol. The van der Waals surface area contributed by atoms with Gasteiger partial charge in [0.15, 0.2) is 0 Å². The van der Waals surface area contributed by atoms with Crippen molar-refractivity contribution in [1.29, 1.82) is 0 Å². The molecule has 1 aromatic carbocycles. The molecule has 1 saturated carbocycles. The molecule has 5 nitrogen and oxygen atoms in total. The van der Waals surface area contributed by atoms with Gasteiger partial charge in [0, 0.05) is 32.2 Å². The van der Waals surface area contributed by atoms with Crippen LogP contribution in [0.4, 0.5) is 0 Å². The van der Waals surface area contributed by atoms with Crippen LogP contribution in [0.15, 0.2) is 23.1 Å². The van der Waals surface area contributed by atoms with Crippen molar-refractivity contribution in [3.8, 4) is 0 Å². The van der Waals surface area contributed by atoms with Gasteiger partial charge in [-0.3, -0.25) is 4.90 Å². The summed E-state index contributed by atoms with van der Waals surface area (Å²) in [6.07, 6.45) is 3.47. The van der Waals surface area contributed by atoms with Gasteiger partial charge in [-0.2, -0.15) is 4.31 Å². The van der Waals surface area contributed by atoms with Crippen LogP contribution in [0, 0.1) is 19.3 Å². The largest absolute Gasteiger partial charge is 0.379 e. The number of benzene rings is 1. The third-order valence-corrected chi connectivity index (χ3v) is 8.16. The predicted molar refractivity (Wildman–Crippen MR) is 97.1 cm³/mol. The predicted octanol–water partition coefficient (Wildman–Crippen LogP) is 2.18. The second kappa shape index (κ2) is 6.34. The van der Waals surface area contributed by atoms with E-state index in [2.05, 4.69) is 4.90 Å². The van der Waals surface area contributed by atoms with Gasteiger partial charge >= 0.3 is 0 Å². The zero-order valence-corrected chi connectivity index (χ0v) is 16.0. The maximum atomic E-state index is 13.0. The average molecular weight is 365 g/mol. The maximum Gasteiger partial charge on any atom is 0.243 e. The van der Waals surface area contributed by atoms with Crippen molar-refractivity contribution in [2.75, 3.05) is 39.4 Å². The molecule has 0 bridgehead atoms. The van der Waals surface area contributed by atoms with Crippen LogP contribution >= 0.6 is 0 Å². The number of nitrogens with zero attached hydrogens (tertiary/aromatic N) is 2.